The number of rotatable bonds is 19. The summed E-state index contributed by atoms with van der Waals surface area (Å²) in [5, 5.41) is 195. The molecular weight excluding hydrogens is 1240 g/mol. The lowest BCUT2D eigenvalue weighted by Gasteiger charge is -2.60. The molecule has 4 saturated carbocycles. The summed E-state index contributed by atoms with van der Waals surface area (Å²) in [6, 6.07) is 0. The average Bonchev–Trinajstić information content (AvgIpc) is 1.56. The van der Waals surface area contributed by atoms with Crippen molar-refractivity contribution < 1.29 is 158 Å². The van der Waals surface area contributed by atoms with Crippen molar-refractivity contribution in [3.63, 3.8) is 0 Å². The summed E-state index contributed by atoms with van der Waals surface area (Å²) >= 11 is 0. The van der Waals surface area contributed by atoms with Crippen molar-refractivity contribution in [2.24, 2.45) is 52.3 Å². The van der Waals surface area contributed by atoms with E-state index in [0.717, 1.165) is 12.8 Å². The molecular formula is C61H100O32. The summed E-state index contributed by atoms with van der Waals surface area (Å²) in [5.41, 5.74) is -1.13. The lowest BCUT2D eigenvalue weighted by Crippen LogP contribution is -2.68. The number of hydrogen-bond donors (Lipinski definition) is 18. The Morgan fingerprint density at radius 3 is 1.73 bits per heavy atom. The fraction of sp³-hybridized carbons (Fsp3) is 0.984. The lowest BCUT2D eigenvalue weighted by molar-refractivity contribution is -0.408. The summed E-state index contributed by atoms with van der Waals surface area (Å²) in [6.07, 6.45) is -44.1. The normalized spacial score (nSPS) is 55.4. The smallest absolute Gasteiger partial charge is 0.187 e. The van der Waals surface area contributed by atoms with Gasteiger partial charge < -0.3 is 153 Å². The number of carbonyl (C=O) groups is 1. The molecule has 0 aromatic carbocycles. The van der Waals surface area contributed by atoms with Crippen LogP contribution in [-0.4, -0.2) is 327 Å². The first kappa shape index (κ1) is 72.7. The highest BCUT2D eigenvalue weighted by atomic mass is 16.8. The minimum absolute atomic E-state index is 0.00902. The fourth-order valence-corrected chi connectivity index (χ4v) is 17.6. The van der Waals surface area contributed by atoms with Crippen molar-refractivity contribution in [3.05, 3.63) is 0 Å². The molecule has 40 atom stereocenters. The van der Waals surface area contributed by atoms with Crippen molar-refractivity contribution in [1.82, 2.24) is 0 Å². The van der Waals surface area contributed by atoms with Crippen molar-refractivity contribution in [1.29, 1.82) is 0 Å². The van der Waals surface area contributed by atoms with E-state index in [9.17, 15) is 91.9 Å². The molecule has 32 heteroatoms. The van der Waals surface area contributed by atoms with Gasteiger partial charge in [0.2, 0.25) is 0 Å². The van der Waals surface area contributed by atoms with E-state index >= 15 is 4.79 Å². The molecule has 7 heterocycles. The van der Waals surface area contributed by atoms with Crippen molar-refractivity contribution in [2.75, 3.05) is 39.6 Å². The third-order valence-corrected chi connectivity index (χ3v) is 23.4. The van der Waals surface area contributed by atoms with Gasteiger partial charge in [0, 0.05) is 30.1 Å². The molecule has 0 aromatic heterocycles. The van der Waals surface area contributed by atoms with Crippen LogP contribution in [0.5, 0.6) is 0 Å². The quantitative estimate of drug-likeness (QED) is 0.0535. The van der Waals surface area contributed by atoms with Crippen LogP contribution in [-0.2, 0) is 66.4 Å². The van der Waals surface area contributed by atoms with Crippen LogP contribution >= 0.6 is 0 Å². The fourth-order valence-electron chi connectivity index (χ4n) is 17.6. The molecule has 0 bridgehead atoms. The highest BCUT2D eigenvalue weighted by molar-refractivity contribution is 5.87. The van der Waals surface area contributed by atoms with Gasteiger partial charge in [-0.2, -0.15) is 0 Å². The van der Waals surface area contributed by atoms with E-state index in [0.29, 0.717) is 38.5 Å². The van der Waals surface area contributed by atoms with E-state index in [2.05, 4.69) is 6.92 Å². The van der Waals surface area contributed by atoms with Crippen LogP contribution in [0.2, 0.25) is 0 Å². The molecule has 32 nitrogen and oxygen atoms in total. The van der Waals surface area contributed by atoms with Gasteiger partial charge >= 0.3 is 0 Å². The number of hydrogen-bond acceptors (Lipinski definition) is 32. The van der Waals surface area contributed by atoms with E-state index in [1.54, 1.807) is 0 Å². The maximum Gasteiger partial charge on any atom is 0.187 e. The second kappa shape index (κ2) is 28.8. The van der Waals surface area contributed by atoms with Gasteiger partial charge in [-0.25, -0.2) is 0 Å². The molecule has 7 aliphatic heterocycles. The number of ketones is 1. The Morgan fingerprint density at radius 2 is 1.09 bits per heavy atom. The molecule has 11 aliphatic rings. The van der Waals surface area contributed by atoms with Gasteiger partial charge in [-0.15, -0.1) is 0 Å². The van der Waals surface area contributed by atoms with E-state index in [1.807, 2.05) is 20.8 Å². The number of Topliss-reactive ketones (excluding diaryl/α,β-unsaturated/α-hetero) is 1. The summed E-state index contributed by atoms with van der Waals surface area (Å²) in [4.78, 5) is 15.0. The third kappa shape index (κ3) is 13.4. The number of fused-ring (bicyclic) bond motifs is 7. The minimum atomic E-state index is -2.00. The predicted octanol–water partition coefficient (Wildman–Crippen LogP) is -6.82. The molecule has 11 fully saturated rings. The second-order valence-electron chi connectivity index (χ2n) is 28.8. The van der Waals surface area contributed by atoms with E-state index in [-0.39, 0.29) is 65.8 Å². The van der Waals surface area contributed by atoms with E-state index < -0.39 is 228 Å². The van der Waals surface area contributed by atoms with Gasteiger partial charge in [-0.3, -0.25) is 4.79 Å². The number of aliphatic hydroxyl groups is 18. The highest BCUT2D eigenvalue weighted by Gasteiger charge is 2.71. The van der Waals surface area contributed by atoms with Gasteiger partial charge in [0.05, 0.1) is 58.0 Å². The van der Waals surface area contributed by atoms with Crippen LogP contribution in [0.25, 0.3) is 0 Å². The van der Waals surface area contributed by atoms with Gasteiger partial charge in [-0.05, 0) is 86.9 Å². The first-order valence-corrected chi connectivity index (χ1v) is 33.0. The molecule has 18 N–H and O–H groups in total. The van der Waals surface area contributed by atoms with Gasteiger partial charge in [0.25, 0.3) is 0 Å². The Bertz CT molecular complexity index is 2480. The summed E-state index contributed by atoms with van der Waals surface area (Å²) < 4.78 is 78.9. The van der Waals surface area contributed by atoms with Gasteiger partial charge in [0.1, 0.15) is 134 Å². The Labute approximate surface area is 537 Å². The molecule has 0 aromatic rings. The van der Waals surface area contributed by atoms with Gasteiger partial charge in [0.15, 0.2) is 43.5 Å². The Morgan fingerprint density at radius 1 is 0.538 bits per heavy atom. The molecule has 0 radical (unpaired) electrons. The van der Waals surface area contributed by atoms with Crippen LogP contribution in [0.15, 0.2) is 0 Å². The summed E-state index contributed by atoms with van der Waals surface area (Å²) in [7, 11) is 0. The zero-order valence-electron chi connectivity index (χ0n) is 52.7. The molecule has 4 aliphatic carbocycles. The number of aliphatic hydroxyl groups excluding tert-OH is 17. The molecule has 7 saturated heterocycles. The zero-order valence-corrected chi connectivity index (χ0v) is 52.7. The number of ether oxygens (including phenoxy) is 13. The lowest BCUT2D eigenvalue weighted by atomic mass is 9.44. The van der Waals surface area contributed by atoms with Gasteiger partial charge in [-0.1, -0.05) is 27.7 Å². The monoisotopic (exact) mass is 1340 g/mol. The molecule has 40 unspecified atom stereocenters. The highest BCUT2D eigenvalue weighted by Crippen LogP contribution is 2.70. The Kier molecular flexibility index (Phi) is 22.5. The number of carbonyl (C=O) groups excluding carboxylic acids is 1. The van der Waals surface area contributed by atoms with Crippen LogP contribution < -0.4 is 0 Å². The van der Waals surface area contributed by atoms with Crippen LogP contribution in [0.1, 0.15) is 92.4 Å². The predicted molar refractivity (Wildman–Crippen MR) is 304 cm³/mol. The third-order valence-electron chi connectivity index (χ3n) is 23.4. The summed E-state index contributed by atoms with van der Waals surface area (Å²) in [6.45, 7) is 5.98. The second-order valence-corrected chi connectivity index (χ2v) is 28.8. The average molecular weight is 1350 g/mol. The van der Waals surface area contributed by atoms with Crippen LogP contribution in [0.4, 0.5) is 0 Å². The topological polar surface area (TPSA) is 501 Å². The van der Waals surface area contributed by atoms with Crippen molar-refractivity contribution in [3.8, 4) is 0 Å². The summed E-state index contributed by atoms with van der Waals surface area (Å²) in [5.74, 6) is -2.15. The Hall–Kier alpha value is -1.57. The Balaban J connectivity index is 0.782. The SMILES string of the molecule is CC(CCC1(O)OC2CC3C4CCC5CC(OC6OC(CO)C(OC7OC(CO)C(O)C(OC8OCC(O)C(O)C8O)C7OC7OCC(O)C(O)C7O)C(O)C6OC6OC(C)C(O)C(O)C6O)CCC5(C)C4CC(=O)C3(C)C2C1C)COC1OC(CO)C(O)C(O)C1O. The first-order valence-electron chi connectivity index (χ1n) is 33.0. The molecule has 536 valence electrons. The first-order chi connectivity index (χ1) is 44.0. The molecule has 0 spiro atoms. The van der Waals surface area contributed by atoms with Crippen LogP contribution in [0, 0.1) is 52.3 Å². The molecule has 93 heavy (non-hydrogen) atoms. The zero-order chi connectivity index (χ0) is 67.2. The maximum atomic E-state index is 15.0. The largest absolute Gasteiger partial charge is 0.394 e. The standard InChI is InChI=1S/C61H100O32/c1-21(18-81-53-46(77)43(74)40(71)32(15-62)86-53)8-11-61(80)22(2)36-31(93-61)13-28-26-7-6-24-12-25(9-10-59(24,4)27(26)14-35(67)60(28,36)5)85-57-51(91-56-47(78)42(73)37(68)23(3)84-56)48(79)49(34(17-64)88-57)89-58-52(92-55-45(76)39(70)30(66)20-83-55)50(41(72)33(16-63)87-58)90-54-44(75)38(69)29(65)19-82-54/h21-34,36-58,62-66,68-80H,6-20H2,1-5H3. The van der Waals surface area contributed by atoms with Crippen LogP contribution in [0.3, 0.4) is 0 Å². The molecule has 11 rings (SSSR count). The van der Waals surface area contributed by atoms with Crippen molar-refractivity contribution >= 4 is 5.78 Å². The molecule has 0 amide bonds. The minimum Gasteiger partial charge on any atom is -0.394 e. The van der Waals surface area contributed by atoms with E-state index in [1.165, 1.54) is 6.92 Å². The van der Waals surface area contributed by atoms with E-state index in [4.69, 9.17) is 61.6 Å². The maximum absolute atomic E-state index is 15.0. The van der Waals surface area contributed by atoms with Crippen molar-refractivity contribution in [2.45, 2.75) is 282 Å².